The van der Waals surface area contributed by atoms with Gasteiger partial charge in [-0.15, -0.1) is 0 Å². The lowest BCUT2D eigenvalue weighted by atomic mass is 10.2. The van der Waals surface area contributed by atoms with Crippen molar-refractivity contribution >= 4 is 39.0 Å². The molecular formula is C26H23BrN2O4. The van der Waals surface area contributed by atoms with Crippen molar-refractivity contribution in [2.24, 2.45) is 5.10 Å². The van der Waals surface area contributed by atoms with E-state index in [-0.39, 0.29) is 5.76 Å². The first-order valence-corrected chi connectivity index (χ1v) is 11.3. The molecule has 1 aromatic heterocycles. The molecule has 33 heavy (non-hydrogen) atoms. The van der Waals surface area contributed by atoms with E-state index in [2.05, 4.69) is 45.5 Å². The number of nitrogens with one attached hydrogen (secondary N) is 1. The minimum atomic E-state index is -0.429. The number of amides is 1. The van der Waals surface area contributed by atoms with E-state index < -0.39 is 5.91 Å². The Morgan fingerprint density at radius 1 is 1.03 bits per heavy atom. The Morgan fingerprint density at radius 3 is 2.64 bits per heavy atom. The van der Waals surface area contributed by atoms with E-state index in [1.54, 1.807) is 18.3 Å². The zero-order valence-corrected chi connectivity index (χ0v) is 19.9. The maximum absolute atomic E-state index is 12.4. The van der Waals surface area contributed by atoms with Crippen LogP contribution in [0.3, 0.4) is 0 Å². The van der Waals surface area contributed by atoms with Crippen molar-refractivity contribution in [1.82, 2.24) is 5.43 Å². The molecule has 1 heterocycles. The number of carbonyl (C=O) groups excluding carboxylic acids is 1. The Hall–Kier alpha value is -3.58. The first kappa shape index (κ1) is 22.6. The second-order valence-electron chi connectivity index (χ2n) is 7.41. The van der Waals surface area contributed by atoms with Crippen LogP contribution in [0, 0.1) is 6.92 Å². The van der Waals surface area contributed by atoms with Gasteiger partial charge in [-0.25, -0.2) is 5.43 Å². The summed E-state index contributed by atoms with van der Waals surface area (Å²) >= 11 is 3.41. The topological polar surface area (TPSA) is 73.1 Å². The van der Waals surface area contributed by atoms with Gasteiger partial charge >= 0.3 is 5.91 Å². The molecule has 1 amide bonds. The number of hydrogen-bond donors (Lipinski definition) is 1. The molecule has 6 nitrogen and oxygen atoms in total. The van der Waals surface area contributed by atoms with Gasteiger partial charge in [0.1, 0.15) is 12.2 Å². The van der Waals surface area contributed by atoms with Gasteiger partial charge in [-0.05, 0) is 67.4 Å². The first-order valence-electron chi connectivity index (χ1n) is 10.5. The summed E-state index contributed by atoms with van der Waals surface area (Å²) in [5.41, 5.74) is 6.17. The number of nitrogens with zero attached hydrogens (tertiary/aromatic N) is 1. The van der Waals surface area contributed by atoms with Crippen LogP contribution < -0.4 is 14.9 Å². The Bertz CT molecular complexity index is 1300. The average Bonchev–Trinajstić information content (AvgIpc) is 3.23. The number of carbonyl (C=O) groups is 1. The molecule has 0 atom stereocenters. The minimum absolute atomic E-state index is 0.190. The second-order valence-corrected chi connectivity index (χ2v) is 8.32. The van der Waals surface area contributed by atoms with Crippen LogP contribution in [0.5, 0.6) is 11.5 Å². The molecule has 4 rings (SSSR count). The summed E-state index contributed by atoms with van der Waals surface area (Å²) in [6.45, 7) is 4.91. The van der Waals surface area contributed by atoms with Crippen LogP contribution in [0.1, 0.15) is 34.2 Å². The Morgan fingerprint density at radius 2 is 1.85 bits per heavy atom. The van der Waals surface area contributed by atoms with Gasteiger partial charge in [0, 0.05) is 9.86 Å². The number of ether oxygens (including phenoxy) is 2. The van der Waals surface area contributed by atoms with Crippen LogP contribution in [-0.4, -0.2) is 18.7 Å². The normalized spacial score (nSPS) is 11.1. The maximum Gasteiger partial charge on any atom is 0.307 e. The summed E-state index contributed by atoms with van der Waals surface area (Å²) in [5, 5.41) is 4.88. The third-order valence-electron chi connectivity index (χ3n) is 4.86. The van der Waals surface area contributed by atoms with Gasteiger partial charge < -0.3 is 13.9 Å². The van der Waals surface area contributed by atoms with E-state index in [9.17, 15) is 4.79 Å². The lowest BCUT2D eigenvalue weighted by molar-refractivity contribution is 0.0929. The van der Waals surface area contributed by atoms with E-state index in [4.69, 9.17) is 13.9 Å². The number of hydrazone groups is 1. The molecule has 4 aromatic rings. The lowest BCUT2D eigenvalue weighted by Crippen LogP contribution is -2.16. The van der Waals surface area contributed by atoms with Gasteiger partial charge in [0.05, 0.1) is 12.8 Å². The fourth-order valence-electron chi connectivity index (χ4n) is 3.18. The largest absolute Gasteiger partial charge is 0.490 e. The molecule has 0 fully saturated rings. The molecule has 0 bridgehead atoms. The highest BCUT2D eigenvalue weighted by Crippen LogP contribution is 2.29. The van der Waals surface area contributed by atoms with Crippen molar-refractivity contribution in [3.05, 3.63) is 93.7 Å². The fourth-order valence-corrected chi connectivity index (χ4v) is 3.56. The first-order chi connectivity index (χ1) is 16.0. The van der Waals surface area contributed by atoms with Crippen LogP contribution in [0.2, 0.25) is 0 Å². The number of hydrogen-bond acceptors (Lipinski definition) is 5. The van der Waals surface area contributed by atoms with Gasteiger partial charge in [-0.3, -0.25) is 4.79 Å². The Balaban J connectivity index is 1.41. The highest BCUT2D eigenvalue weighted by molar-refractivity contribution is 9.10. The number of halogens is 1. The molecule has 1 N–H and O–H groups in total. The lowest BCUT2D eigenvalue weighted by Gasteiger charge is -2.12. The number of fused-ring (bicyclic) bond motifs is 1. The second kappa shape index (κ2) is 10.4. The quantitative estimate of drug-likeness (QED) is 0.226. The SMILES string of the molecule is CCOc1cc(/C=N/NC(=O)c2cc3cc(Br)ccc3o2)ccc1OCc1ccc(C)cc1. The summed E-state index contributed by atoms with van der Waals surface area (Å²) in [6.07, 6.45) is 1.55. The van der Waals surface area contributed by atoms with E-state index >= 15 is 0 Å². The Labute approximate surface area is 200 Å². The molecule has 0 saturated carbocycles. The summed E-state index contributed by atoms with van der Waals surface area (Å²) in [7, 11) is 0. The summed E-state index contributed by atoms with van der Waals surface area (Å²) < 4.78 is 18.2. The van der Waals surface area contributed by atoms with Crippen LogP contribution in [0.25, 0.3) is 11.0 Å². The fraction of sp³-hybridized carbons (Fsp3) is 0.154. The van der Waals surface area contributed by atoms with Crippen LogP contribution >= 0.6 is 15.9 Å². The molecule has 0 radical (unpaired) electrons. The molecule has 7 heteroatoms. The van der Waals surface area contributed by atoms with Crippen molar-refractivity contribution in [2.75, 3.05) is 6.61 Å². The number of furan rings is 1. The van der Waals surface area contributed by atoms with Crippen molar-refractivity contribution in [3.63, 3.8) is 0 Å². The van der Waals surface area contributed by atoms with E-state index in [1.165, 1.54) is 5.56 Å². The van der Waals surface area contributed by atoms with Gasteiger partial charge in [-0.1, -0.05) is 45.8 Å². The van der Waals surface area contributed by atoms with Crippen LogP contribution in [0.4, 0.5) is 0 Å². The summed E-state index contributed by atoms with van der Waals surface area (Å²) in [6, 6.07) is 20.9. The molecule has 168 valence electrons. The minimum Gasteiger partial charge on any atom is -0.490 e. The molecule has 0 unspecified atom stereocenters. The smallest absolute Gasteiger partial charge is 0.307 e. The molecule has 0 aliphatic rings. The zero-order valence-electron chi connectivity index (χ0n) is 18.3. The average molecular weight is 507 g/mol. The van der Waals surface area contributed by atoms with Crippen LogP contribution in [-0.2, 0) is 6.61 Å². The molecule has 0 saturated heterocycles. The molecule has 0 aliphatic carbocycles. The monoisotopic (exact) mass is 506 g/mol. The van der Waals surface area contributed by atoms with E-state index in [0.29, 0.717) is 30.3 Å². The number of rotatable bonds is 8. The summed E-state index contributed by atoms with van der Waals surface area (Å²) in [5.74, 6) is 1.02. The van der Waals surface area contributed by atoms with E-state index in [0.717, 1.165) is 21.0 Å². The van der Waals surface area contributed by atoms with Gasteiger partial charge in [0.15, 0.2) is 17.3 Å². The number of aryl methyl sites for hydroxylation is 1. The highest BCUT2D eigenvalue weighted by Gasteiger charge is 2.12. The van der Waals surface area contributed by atoms with Crippen molar-refractivity contribution < 1.29 is 18.7 Å². The maximum atomic E-state index is 12.4. The molecule has 0 aliphatic heterocycles. The van der Waals surface area contributed by atoms with Crippen molar-refractivity contribution in [2.45, 2.75) is 20.5 Å². The zero-order chi connectivity index (χ0) is 23.2. The van der Waals surface area contributed by atoms with Gasteiger partial charge in [0.25, 0.3) is 0 Å². The highest BCUT2D eigenvalue weighted by atomic mass is 79.9. The molecule has 0 spiro atoms. The van der Waals surface area contributed by atoms with E-state index in [1.807, 2.05) is 49.4 Å². The van der Waals surface area contributed by atoms with Gasteiger partial charge in [0.2, 0.25) is 0 Å². The predicted octanol–water partition coefficient (Wildman–Crippen LogP) is 6.25. The van der Waals surface area contributed by atoms with Crippen LogP contribution in [0.15, 0.2) is 80.7 Å². The standard InChI is InChI=1S/C26H23BrN2O4/c1-3-31-24-12-19(8-10-23(24)32-16-18-6-4-17(2)5-7-18)15-28-29-26(30)25-14-20-13-21(27)9-11-22(20)33-25/h4-15H,3,16H2,1-2H3,(H,29,30)/b28-15+. The predicted molar refractivity (Wildman–Crippen MR) is 132 cm³/mol. The third kappa shape index (κ3) is 5.81. The Kier molecular flexibility index (Phi) is 7.10. The van der Waals surface area contributed by atoms with Crippen molar-refractivity contribution in [1.29, 1.82) is 0 Å². The summed E-state index contributed by atoms with van der Waals surface area (Å²) in [4.78, 5) is 12.4. The molecular weight excluding hydrogens is 484 g/mol. The molecule has 3 aromatic carbocycles. The third-order valence-corrected chi connectivity index (χ3v) is 5.36. The van der Waals surface area contributed by atoms with Gasteiger partial charge in [-0.2, -0.15) is 5.10 Å². The number of benzene rings is 3. The van der Waals surface area contributed by atoms with Crippen molar-refractivity contribution in [3.8, 4) is 11.5 Å².